The maximum atomic E-state index is 12.4. The Labute approximate surface area is 141 Å². The molecule has 0 fully saturated rings. The van der Waals surface area contributed by atoms with Crippen LogP contribution in [0.25, 0.3) is 0 Å². The van der Waals surface area contributed by atoms with Crippen molar-refractivity contribution in [2.24, 2.45) is 0 Å². The molecule has 124 valence electrons. The van der Waals surface area contributed by atoms with Crippen LogP contribution in [0.4, 0.5) is 0 Å². The first-order valence-corrected chi connectivity index (χ1v) is 8.67. The summed E-state index contributed by atoms with van der Waals surface area (Å²) in [6, 6.07) is 7.44. The normalized spacial score (nSPS) is 12.9. The van der Waals surface area contributed by atoms with Crippen molar-refractivity contribution in [3.05, 3.63) is 51.5 Å². The van der Waals surface area contributed by atoms with Gasteiger partial charge >= 0.3 is 0 Å². The molecular formula is C18H24N2O2S. The quantitative estimate of drug-likeness (QED) is 0.849. The molecule has 5 heteroatoms. The Morgan fingerprint density at radius 3 is 2.78 bits per heavy atom. The van der Waals surface area contributed by atoms with E-state index in [0.29, 0.717) is 12.0 Å². The molecule has 0 saturated heterocycles. The van der Waals surface area contributed by atoms with E-state index in [1.807, 2.05) is 43.5 Å². The van der Waals surface area contributed by atoms with Gasteiger partial charge < -0.3 is 10.4 Å². The lowest BCUT2D eigenvalue weighted by Crippen LogP contribution is -2.27. The summed E-state index contributed by atoms with van der Waals surface area (Å²) in [5.74, 6) is -0.103. The van der Waals surface area contributed by atoms with Crippen LogP contribution in [0.15, 0.2) is 29.6 Å². The Morgan fingerprint density at radius 1 is 1.43 bits per heavy atom. The van der Waals surface area contributed by atoms with Gasteiger partial charge in [-0.05, 0) is 58.2 Å². The lowest BCUT2D eigenvalue weighted by atomic mass is 9.98. The molecule has 2 N–H and O–H groups in total. The number of aliphatic hydroxyl groups is 1. The van der Waals surface area contributed by atoms with Crippen LogP contribution in [0.3, 0.4) is 0 Å². The third kappa shape index (κ3) is 5.44. The minimum absolute atomic E-state index is 0.103. The second-order valence-electron chi connectivity index (χ2n) is 6.50. The summed E-state index contributed by atoms with van der Waals surface area (Å²) in [5, 5.41) is 15.8. The molecule has 23 heavy (non-hydrogen) atoms. The lowest BCUT2D eigenvalue weighted by molar-refractivity contribution is 0.0714. The van der Waals surface area contributed by atoms with E-state index in [9.17, 15) is 9.90 Å². The molecule has 1 atom stereocenters. The van der Waals surface area contributed by atoms with Gasteiger partial charge in [0, 0.05) is 10.9 Å². The minimum atomic E-state index is -0.699. The Balaban J connectivity index is 2.02. The Bertz CT molecular complexity index is 674. The van der Waals surface area contributed by atoms with Gasteiger partial charge in [0.2, 0.25) is 0 Å². The number of aromatic nitrogens is 1. The zero-order valence-corrected chi connectivity index (χ0v) is 14.9. The zero-order valence-electron chi connectivity index (χ0n) is 14.1. The van der Waals surface area contributed by atoms with Crippen LogP contribution in [0.5, 0.6) is 0 Å². The lowest BCUT2D eigenvalue weighted by Gasteiger charge is -2.17. The summed E-state index contributed by atoms with van der Waals surface area (Å²) in [6.07, 6.45) is 1.40. The summed E-state index contributed by atoms with van der Waals surface area (Å²) in [7, 11) is 0. The van der Waals surface area contributed by atoms with Crippen LogP contribution in [-0.2, 0) is 6.42 Å². The first-order chi connectivity index (χ1) is 10.7. The first kappa shape index (κ1) is 17.6. The van der Waals surface area contributed by atoms with Crippen LogP contribution < -0.4 is 5.32 Å². The Hall–Kier alpha value is -1.72. The van der Waals surface area contributed by atoms with Crippen molar-refractivity contribution in [2.75, 3.05) is 0 Å². The van der Waals surface area contributed by atoms with Crippen LogP contribution >= 0.6 is 11.3 Å². The van der Waals surface area contributed by atoms with Crippen molar-refractivity contribution < 1.29 is 9.90 Å². The highest BCUT2D eigenvalue weighted by Gasteiger charge is 2.15. The van der Waals surface area contributed by atoms with Gasteiger partial charge in [0.05, 0.1) is 22.3 Å². The number of nitrogens with zero attached hydrogens (tertiary/aromatic N) is 1. The van der Waals surface area contributed by atoms with E-state index in [1.54, 1.807) is 25.2 Å². The molecule has 0 spiro atoms. The second kappa shape index (κ2) is 7.23. The van der Waals surface area contributed by atoms with Crippen molar-refractivity contribution in [2.45, 2.75) is 52.2 Å². The van der Waals surface area contributed by atoms with E-state index in [1.165, 1.54) is 0 Å². The maximum Gasteiger partial charge on any atom is 0.251 e. The van der Waals surface area contributed by atoms with E-state index < -0.39 is 5.60 Å². The summed E-state index contributed by atoms with van der Waals surface area (Å²) in [6.45, 7) is 7.47. The molecule has 2 aromatic rings. The highest BCUT2D eigenvalue weighted by atomic mass is 32.1. The molecule has 1 aromatic carbocycles. The molecule has 1 amide bonds. The summed E-state index contributed by atoms with van der Waals surface area (Å²) < 4.78 is 0. The van der Waals surface area contributed by atoms with Gasteiger partial charge in [-0.15, -0.1) is 11.3 Å². The number of amides is 1. The smallest absolute Gasteiger partial charge is 0.251 e. The number of carbonyl (C=O) groups is 1. The molecular weight excluding hydrogens is 308 g/mol. The third-order valence-electron chi connectivity index (χ3n) is 3.64. The Morgan fingerprint density at radius 2 is 2.17 bits per heavy atom. The minimum Gasteiger partial charge on any atom is -0.390 e. The van der Waals surface area contributed by atoms with E-state index in [4.69, 9.17) is 0 Å². The molecule has 0 aliphatic rings. The van der Waals surface area contributed by atoms with Crippen LogP contribution in [-0.4, -0.2) is 21.6 Å². The number of carbonyl (C=O) groups excluding carboxylic acids is 1. The maximum absolute atomic E-state index is 12.4. The van der Waals surface area contributed by atoms with E-state index in [-0.39, 0.29) is 11.9 Å². The number of nitrogens with one attached hydrogen (secondary N) is 1. The number of aryl methyl sites for hydroxylation is 2. The molecule has 0 saturated carbocycles. The number of benzene rings is 1. The fourth-order valence-corrected chi connectivity index (χ4v) is 2.96. The van der Waals surface area contributed by atoms with Gasteiger partial charge in [0.1, 0.15) is 0 Å². The molecule has 0 bridgehead atoms. The van der Waals surface area contributed by atoms with E-state index in [2.05, 4.69) is 10.3 Å². The van der Waals surface area contributed by atoms with Gasteiger partial charge in [0.25, 0.3) is 5.91 Å². The number of hydrogen-bond donors (Lipinski definition) is 2. The fourth-order valence-electron chi connectivity index (χ4n) is 2.25. The van der Waals surface area contributed by atoms with Gasteiger partial charge in [0.15, 0.2) is 0 Å². The van der Waals surface area contributed by atoms with Gasteiger partial charge in [-0.2, -0.15) is 0 Å². The molecule has 1 unspecified atom stereocenters. The Kier molecular flexibility index (Phi) is 5.55. The summed E-state index contributed by atoms with van der Waals surface area (Å²) in [4.78, 5) is 16.8. The summed E-state index contributed by atoms with van der Waals surface area (Å²) in [5.41, 5.74) is 1.88. The van der Waals surface area contributed by atoms with Gasteiger partial charge in [-0.3, -0.25) is 4.79 Å². The third-order valence-corrected chi connectivity index (χ3v) is 4.43. The largest absolute Gasteiger partial charge is 0.390 e. The van der Waals surface area contributed by atoms with Crippen LogP contribution in [0, 0.1) is 6.92 Å². The molecule has 0 radical (unpaired) electrons. The fraction of sp³-hybridized carbons (Fsp3) is 0.444. The highest BCUT2D eigenvalue weighted by Crippen LogP contribution is 2.17. The van der Waals surface area contributed by atoms with Crippen molar-refractivity contribution in [1.29, 1.82) is 0 Å². The first-order valence-electron chi connectivity index (χ1n) is 7.79. The number of hydrogen-bond acceptors (Lipinski definition) is 4. The van der Waals surface area contributed by atoms with Crippen molar-refractivity contribution >= 4 is 17.2 Å². The van der Waals surface area contributed by atoms with Crippen molar-refractivity contribution in [1.82, 2.24) is 10.3 Å². The van der Waals surface area contributed by atoms with E-state index in [0.717, 1.165) is 22.7 Å². The topological polar surface area (TPSA) is 62.2 Å². The molecule has 1 heterocycles. The van der Waals surface area contributed by atoms with Crippen molar-refractivity contribution in [3.63, 3.8) is 0 Å². The molecule has 2 rings (SSSR count). The predicted molar refractivity (Wildman–Crippen MR) is 93.8 cm³/mol. The average molecular weight is 332 g/mol. The SMILES string of the molecule is Cc1nc(C(C)NC(=O)c2cccc(CCC(C)(C)O)c2)cs1. The predicted octanol–water partition coefficient (Wildman–Crippen LogP) is 3.65. The molecule has 0 aliphatic heterocycles. The van der Waals surface area contributed by atoms with Crippen molar-refractivity contribution in [3.8, 4) is 0 Å². The standard InChI is InChI=1S/C18H24N2O2S/c1-12(16-11-23-13(2)20-16)19-17(21)15-7-5-6-14(10-15)8-9-18(3,4)22/h5-7,10-12,22H,8-9H2,1-4H3,(H,19,21). The van der Waals surface area contributed by atoms with Gasteiger partial charge in [-0.1, -0.05) is 12.1 Å². The molecule has 4 nitrogen and oxygen atoms in total. The number of thiazole rings is 1. The highest BCUT2D eigenvalue weighted by molar-refractivity contribution is 7.09. The monoisotopic (exact) mass is 332 g/mol. The second-order valence-corrected chi connectivity index (χ2v) is 7.56. The van der Waals surface area contributed by atoms with Crippen LogP contribution in [0.1, 0.15) is 59.9 Å². The zero-order chi connectivity index (χ0) is 17.0. The number of rotatable bonds is 6. The van der Waals surface area contributed by atoms with Crippen LogP contribution in [0.2, 0.25) is 0 Å². The summed E-state index contributed by atoms with van der Waals surface area (Å²) >= 11 is 1.58. The van der Waals surface area contributed by atoms with Gasteiger partial charge in [-0.25, -0.2) is 4.98 Å². The molecule has 1 aromatic heterocycles. The molecule has 0 aliphatic carbocycles. The average Bonchev–Trinajstić information content (AvgIpc) is 2.91. The van der Waals surface area contributed by atoms with E-state index >= 15 is 0 Å².